The van der Waals surface area contributed by atoms with E-state index in [-0.39, 0.29) is 6.04 Å². The van der Waals surface area contributed by atoms with Gasteiger partial charge < -0.3 is 10.6 Å². The van der Waals surface area contributed by atoms with Crippen LogP contribution in [0.15, 0.2) is 18.2 Å². The molecule has 1 aliphatic rings. The zero-order chi connectivity index (χ0) is 11.5. The molecular formula is C13H17N3. The Hall–Kier alpha value is -1.69. The van der Waals surface area contributed by atoms with Crippen LogP contribution >= 0.6 is 0 Å². The Labute approximate surface area is 96.5 Å². The highest BCUT2D eigenvalue weighted by Crippen LogP contribution is 2.32. The molecule has 0 bridgehead atoms. The number of hydrogen-bond acceptors (Lipinski definition) is 3. The van der Waals surface area contributed by atoms with Gasteiger partial charge in [-0.1, -0.05) is 6.07 Å². The third-order valence-electron chi connectivity index (χ3n) is 3.24. The molecule has 0 amide bonds. The normalized spacial score (nSPS) is 16.4. The molecule has 1 aromatic carbocycles. The van der Waals surface area contributed by atoms with Gasteiger partial charge in [0.2, 0.25) is 0 Å². The second-order valence-electron chi connectivity index (χ2n) is 4.35. The largest absolute Gasteiger partial charge is 0.398 e. The van der Waals surface area contributed by atoms with E-state index in [9.17, 15) is 0 Å². The van der Waals surface area contributed by atoms with Crippen molar-refractivity contribution in [3.8, 4) is 6.07 Å². The van der Waals surface area contributed by atoms with Crippen LogP contribution < -0.4 is 10.6 Å². The van der Waals surface area contributed by atoms with Gasteiger partial charge in [0.15, 0.2) is 0 Å². The van der Waals surface area contributed by atoms with E-state index in [0.29, 0.717) is 6.42 Å². The van der Waals surface area contributed by atoms with Crippen molar-refractivity contribution in [3.05, 3.63) is 23.8 Å². The molecule has 2 N–H and O–H groups in total. The van der Waals surface area contributed by atoms with Crippen molar-refractivity contribution in [2.24, 2.45) is 0 Å². The van der Waals surface area contributed by atoms with Gasteiger partial charge in [0, 0.05) is 24.0 Å². The number of nitrogens with two attached hydrogens (primary N) is 1. The summed E-state index contributed by atoms with van der Waals surface area (Å²) in [7, 11) is 0. The van der Waals surface area contributed by atoms with E-state index < -0.39 is 0 Å². The third-order valence-corrected chi connectivity index (χ3v) is 3.24. The molecule has 3 nitrogen and oxygen atoms in total. The maximum absolute atomic E-state index is 8.77. The van der Waals surface area contributed by atoms with Crippen molar-refractivity contribution in [2.75, 3.05) is 17.2 Å². The molecule has 84 valence electrons. The fourth-order valence-corrected chi connectivity index (χ4v) is 2.38. The minimum atomic E-state index is 0.269. The maximum Gasteiger partial charge on any atom is 0.0643 e. The number of hydrogen-bond donors (Lipinski definition) is 1. The number of nitrogen functional groups attached to an aromatic ring is 1. The number of nitriles is 1. The van der Waals surface area contributed by atoms with Gasteiger partial charge in [-0.3, -0.25) is 0 Å². The summed E-state index contributed by atoms with van der Waals surface area (Å²) < 4.78 is 0. The molecular weight excluding hydrogens is 198 g/mol. The molecule has 0 spiro atoms. The predicted octanol–water partition coefficient (Wildman–Crippen LogP) is 2.32. The Kier molecular flexibility index (Phi) is 3.00. The van der Waals surface area contributed by atoms with Gasteiger partial charge >= 0.3 is 0 Å². The minimum Gasteiger partial charge on any atom is -0.398 e. The monoisotopic (exact) mass is 215 g/mol. The van der Waals surface area contributed by atoms with Crippen LogP contribution in [0.2, 0.25) is 0 Å². The number of rotatable bonds is 2. The van der Waals surface area contributed by atoms with Crippen LogP contribution in [0.3, 0.4) is 0 Å². The number of anilines is 2. The van der Waals surface area contributed by atoms with Gasteiger partial charge in [-0.25, -0.2) is 0 Å². The van der Waals surface area contributed by atoms with Gasteiger partial charge in [0.05, 0.1) is 12.5 Å². The van der Waals surface area contributed by atoms with Crippen molar-refractivity contribution in [1.82, 2.24) is 0 Å². The van der Waals surface area contributed by atoms with Crippen molar-refractivity contribution < 1.29 is 0 Å². The average molecular weight is 215 g/mol. The quantitative estimate of drug-likeness (QED) is 0.770. The third kappa shape index (κ3) is 1.83. The first-order valence-corrected chi connectivity index (χ1v) is 5.75. The summed E-state index contributed by atoms with van der Waals surface area (Å²) in [5, 5.41) is 8.77. The Bertz CT molecular complexity index is 420. The topological polar surface area (TPSA) is 53.0 Å². The van der Waals surface area contributed by atoms with E-state index in [1.54, 1.807) is 0 Å². The summed E-state index contributed by atoms with van der Waals surface area (Å²) in [5.41, 5.74) is 9.33. The SMILES string of the molecule is CC(CC#N)N1CCCc2c(N)cccc21. The lowest BCUT2D eigenvalue weighted by Gasteiger charge is -2.35. The van der Waals surface area contributed by atoms with E-state index >= 15 is 0 Å². The summed E-state index contributed by atoms with van der Waals surface area (Å²) in [6, 6.07) is 8.56. The van der Waals surface area contributed by atoms with Gasteiger partial charge in [0.25, 0.3) is 0 Å². The Morgan fingerprint density at radius 1 is 1.56 bits per heavy atom. The van der Waals surface area contributed by atoms with Crippen LogP contribution in [-0.4, -0.2) is 12.6 Å². The summed E-state index contributed by atoms with van der Waals surface area (Å²) in [6.45, 7) is 3.13. The standard InChI is InChI=1S/C13H17N3/c1-10(7-8-14)16-9-3-4-11-12(15)5-2-6-13(11)16/h2,5-6,10H,3-4,7,9,15H2,1H3. The molecule has 0 radical (unpaired) electrons. The second-order valence-corrected chi connectivity index (χ2v) is 4.35. The number of nitrogens with zero attached hydrogens (tertiary/aromatic N) is 2. The first-order chi connectivity index (χ1) is 7.74. The zero-order valence-corrected chi connectivity index (χ0v) is 9.61. The molecule has 1 aliphatic heterocycles. The summed E-state index contributed by atoms with van der Waals surface area (Å²) >= 11 is 0. The van der Waals surface area contributed by atoms with E-state index in [4.69, 9.17) is 11.0 Å². The maximum atomic E-state index is 8.77. The molecule has 0 fully saturated rings. The lowest BCUT2D eigenvalue weighted by Crippen LogP contribution is -2.37. The fourth-order valence-electron chi connectivity index (χ4n) is 2.38. The lowest BCUT2D eigenvalue weighted by atomic mass is 9.98. The molecule has 0 saturated carbocycles. The highest BCUT2D eigenvalue weighted by Gasteiger charge is 2.22. The minimum absolute atomic E-state index is 0.269. The average Bonchev–Trinajstić information content (AvgIpc) is 2.29. The van der Waals surface area contributed by atoms with E-state index in [1.165, 1.54) is 11.3 Å². The molecule has 0 saturated heterocycles. The number of fused-ring (bicyclic) bond motifs is 1. The first-order valence-electron chi connectivity index (χ1n) is 5.75. The number of benzene rings is 1. The molecule has 1 unspecified atom stereocenters. The van der Waals surface area contributed by atoms with Crippen molar-refractivity contribution in [3.63, 3.8) is 0 Å². The summed E-state index contributed by atoms with van der Waals surface area (Å²) in [6.07, 6.45) is 2.74. The lowest BCUT2D eigenvalue weighted by molar-refractivity contribution is 0.601. The zero-order valence-electron chi connectivity index (χ0n) is 9.61. The van der Waals surface area contributed by atoms with E-state index in [0.717, 1.165) is 25.1 Å². The van der Waals surface area contributed by atoms with Crippen LogP contribution in [0.4, 0.5) is 11.4 Å². The van der Waals surface area contributed by atoms with Gasteiger partial charge in [-0.15, -0.1) is 0 Å². The molecule has 16 heavy (non-hydrogen) atoms. The molecule has 2 rings (SSSR count). The van der Waals surface area contributed by atoms with E-state index in [1.807, 2.05) is 12.1 Å². The van der Waals surface area contributed by atoms with Gasteiger partial charge in [0.1, 0.15) is 0 Å². The molecule has 1 heterocycles. The van der Waals surface area contributed by atoms with Crippen LogP contribution in [0.5, 0.6) is 0 Å². The Balaban J connectivity index is 2.34. The van der Waals surface area contributed by atoms with Crippen molar-refractivity contribution in [1.29, 1.82) is 5.26 Å². The van der Waals surface area contributed by atoms with Crippen LogP contribution in [-0.2, 0) is 6.42 Å². The summed E-state index contributed by atoms with van der Waals surface area (Å²) in [5.74, 6) is 0. The predicted molar refractivity (Wildman–Crippen MR) is 66.2 cm³/mol. The van der Waals surface area contributed by atoms with Gasteiger partial charge in [-0.05, 0) is 37.5 Å². The van der Waals surface area contributed by atoms with Crippen molar-refractivity contribution in [2.45, 2.75) is 32.2 Å². The first kappa shape index (κ1) is 10.8. The smallest absolute Gasteiger partial charge is 0.0643 e. The molecule has 1 atom stereocenters. The molecule has 1 aromatic rings. The van der Waals surface area contributed by atoms with Gasteiger partial charge in [-0.2, -0.15) is 5.26 Å². The molecule has 0 aliphatic carbocycles. The van der Waals surface area contributed by atoms with Crippen LogP contribution in [0, 0.1) is 11.3 Å². The van der Waals surface area contributed by atoms with E-state index in [2.05, 4.69) is 24.0 Å². The van der Waals surface area contributed by atoms with Crippen molar-refractivity contribution >= 4 is 11.4 Å². The highest BCUT2D eigenvalue weighted by atomic mass is 15.2. The Morgan fingerprint density at radius 2 is 2.38 bits per heavy atom. The molecule has 0 aromatic heterocycles. The highest BCUT2D eigenvalue weighted by molar-refractivity contribution is 5.66. The fraction of sp³-hybridized carbons (Fsp3) is 0.462. The Morgan fingerprint density at radius 3 is 3.12 bits per heavy atom. The molecule has 3 heteroatoms. The summed E-state index contributed by atoms with van der Waals surface area (Å²) in [4.78, 5) is 2.30. The van der Waals surface area contributed by atoms with Crippen LogP contribution in [0.1, 0.15) is 25.3 Å². The van der Waals surface area contributed by atoms with Crippen LogP contribution in [0.25, 0.3) is 0 Å². The second kappa shape index (κ2) is 4.44.